The molecule has 0 unspecified atom stereocenters. The molecule has 1 fully saturated rings. The number of imide groups is 1. The van der Waals surface area contributed by atoms with Gasteiger partial charge in [-0.05, 0) is 47.5 Å². The maximum atomic E-state index is 13.4. The molecule has 9 heteroatoms. The Labute approximate surface area is 193 Å². The van der Waals surface area contributed by atoms with E-state index >= 15 is 0 Å². The Morgan fingerprint density at radius 1 is 1.18 bits per heavy atom. The van der Waals surface area contributed by atoms with Gasteiger partial charge in [0.1, 0.15) is 23.9 Å². The maximum absolute atomic E-state index is 13.4. The van der Waals surface area contributed by atoms with Crippen molar-refractivity contribution < 1.29 is 18.8 Å². The number of hydrogen-bond acceptors (Lipinski definition) is 6. The van der Waals surface area contributed by atoms with Gasteiger partial charge in [-0.3, -0.25) is 14.5 Å². The molecule has 6 rings (SSSR count). The lowest BCUT2D eigenvalue weighted by molar-refractivity contribution is -0.140. The summed E-state index contributed by atoms with van der Waals surface area (Å²) >= 11 is 1.55. The number of amides is 4. The molecule has 33 heavy (non-hydrogen) atoms. The molecule has 2 aromatic heterocycles. The zero-order valence-electron chi connectivity index (χ0n) is 17.6. The molecule has 2 atom stereocenters. The Morgan fingerprint density at radius 2 is 2.06 bits per heavy atom. The van der Waals surface area contributed by atoms with Crippen molar-refractivity contribution in [3.63, 3.8) is 0 Å². The van der Waals surface area contributed by atoms with Crippen molar-refractivity contribution in [3.05, 3.63) is 81.9 Å². The van der Waals surface area contributed by atoms with Crippen LogP contribution >= 0.6 is 11.3 Å². The van der Waals surface area contributed by atoms with Gasteiger partial charge in [-0.1, -0.05) is 30.3 Å². The molecule has 1 aromatic carbocycles. The highest BCUT2D eigenvalue weighted by molar-refractivity contribution is 7.12. The number of nitrogens with zero attached hydrogens (tertiary/aromatic N) is 3. The summed E-state index contributed by atoms with van der Waals surface area (Å²) in [7, 11) is 0. The number of urea groups is 1. The van der Waals surface area contributed by atoms with Crippen LogP contribution in [0.1, 0.15) is 40.6 Å². The minimum Gasteiger partial charge on any atom is -0.467 e. The fraction of sp³-hybridized carbons (Fsp3) is 0.250. The third-order valence-electron chi connectivity index (χ3n) is 6.56. The van der Waals surface area contributed by atoms with E-state index in [0.717, 1.165) is 26.6 Å². The Morgan fingerprint density at radius 3 is 2.85 bits per heavy atom. The Kier molecular flexibility index (Phi) is 4.48. The molecule has 1 saturated heterocycles. The molecule has 166 valence electrons. The van der Waals surface area contributed by atoms with E-state index in [9.17, 15) is 14.4 Å². The van der Waals surface area contributed by atoms with Crippen LogP contribution in [-0.4, -0.2) is 40.0 Å². The number of benzene rings is 1. The number of hydrogen-bond donors (Lipinski definition) is 1. The van der Waals surface area contributed by atoms with Crippen molar-refractivity contribution in [3.8, 4) is 0 Å². The van der Waals surface area contributed by atoms with E-state index in [0.29, 0.717) is 25.0 Å². The molecule has 8 nitrogen and oxygen atoms in total. The average Bonchev–Trinajstić information content (AvgIpc) is 3.62. The quantitative estimate of drug-likeness (QED) is 0.604. The van der Waals surface area contributed by atoms with Gasteiger partial charge < -0.3 is 9.73 Å². The van der Waals surface area contributed by atoms with E-state index in [-0.39, 0.29) is 12.5 Å². The van der Waals surface area contributed by atoms with Gasteiger partial charge in [0.05, 0.1) is 16.9 Å². The lowest BCUT2D eigenvalue weighted by Gasteiger charge is -2.24. The monoisotopic (exact) mass is 460 g/mol. The molecule has 4 heterocycles. The highest BCUT2D eigenvalue weighted by Gasteiger charge is 2.56. The van der Waals surface area contributed by atoms with Crippen LogP contribution < -0.4 is 5.32 Å². The molecule has 4 amide bonds. The summed E-state index contributed by atoms with van der Waals surface area (Å²) in [6, 6.07) is 14.1. The third-order valence-corrected chi connectivity index (χ3v) is 7.48. The van der Waals surface area contributed by atoms with Crippen LogP contribution in [0.2, 0.25) is 0 Å². The second-order valence-corrected chi connectivity index (χ2v) is 9.33. The number of nitrogens with one attached hydrogen (secondary N) is 1. The highest BCUT2D eigenvalue weighted by Crippen LogP contribution is 2.41. The summed E-state index contributed by atoms with van der Waals surface area (Å²) in [5.74, 6) is -0.214. The van der Waals surface area contributed by atoms with Crippen molar-refractivity contribution in [2.24, 2.45) is 5.10 Å². The lowest BCUT2D eigenvalue weighted by atomic mass is 9.92. The minimum atomic E-state index is -1.09. The van der Waals surface area contributed by atoms with Crippen LogP contribution in [-0.2, 0) is 21.5 Å². The van der Waals surface area contributed by atoms with E-state index < -0.39 is 23.5 Å². The number of hydrazone groups is 1. The maximum Gasteiger partial charge on any atom is 0.325 e. The molecule has 2 aliphatic heterocycles. The first-order chi connectivity index (χ1) is 16.1. The van der Waals surface area contributed by atoms with Crippen molar-refractivity contribution in [1.29, 1.82) is 0 Å². The lowest BCUT2D eigenvalue weighted by Crippen LogP contribution is -2.44. The molecular weight excluding hydrogens is 440 g/mol. The first-order valence-corrected chi connectivity index (χ1v) is 11.6. The van der Waals surface area contributed by atoms with Gasteiger partial charge in [0.15, 0.2) is 0 Å². The summed E-state index contributed by atoms with van der Waals surface area (Å²) in [5, 5.41) is 10.7. The number of fused-ring (bicyclic) bond motifs is 2. The van der Waals surface area contributed by atoms with Gasteiger partial charge in [-0.2, -0.15) is 5.10 Å². The van der Waals surface area contributed by atoms with Crippen LogP contribution in [0.25, 0.3) is 0 Å². The van der Waals surface area contributed by atoms with Crippen molar-refractivity contribution in [1.82, 2.24) is 15.2 Å². The van der Waals surface area contributed by atoms with Gasteiger partial charge in [0, 0.05) is 6.42 Å². The summed E-state index contributed by atoms with van der Waals surface area (Å²) < 4.78 is 5.57. The third kappa shape index (κ3) is 3.03. The van der Waals surface area contributed by atoms with Crippen LogP contribution in [0.15, 0.2) is 69.7 Å². The Hall–Kier alpha value is -3.72. The van der Waals surface area contributed by atoms with E-state index in [1.165, 1.54) is 5.01 Å². The second kappa shape index (κ2) is 7.41. The van der Waals surface area contributed by atoms with Crippen LogP contribution in [0.5, 0.6) is 0 Å². The minimum absolute atomic E-state index is 0.382. The van der Waals surface area contributed by atoms with E-state index in [1.54, 1.807) is 29.7 Å². The molecular formula is C24H20N4O4S. The number of carbonyl (C=O) groups excluding carboxylic acids is 3. The molecule has 3 aliphatic rings. The fourth-order valence-corrected chi connectivity index (χ4v) is 5.70. The molecule has 1 aliphatic carbocycles. The zero-order valence-corrected chi connectivity index (χ0v) is 18.4. The van der Waals surface area contributed by atoms with Crippen LogP contribution in [0.3, 0.4) is 0 Å². The van der Waals surface area contributed by atoms with Gasteiger partial charge in [-0.15, -0.1) is 11.3 Å². The molecule has 3 aromatic rings. The largest absolute Gasteiger partial charge is 0.467 e. The molecule has 0 radical (unpaired) electrons. The normalized spacial score (nSPS) is 23.9. The van der Waals surface area contributed by atoms with Crippen LogP contribution in [0.4, 0.5) is 4.79 Å². The van der Waals surface area contributed by atoms with Gasteiger partial charge in [0.25, 0.3) is 11.8 Å². The predicted octanol–water partition coefficient (Wildman–Crippen LogP) is 3.41. The number of aryl methyl sites for hydroxylation is 1. The van der Waals surface area contributed by atoms with Crippen molar-refractivity contribution in [2.45, 2.75) is 30.8 Å². The summed E-state index contributed by atoms with van der Waals surface area (Å²) in [4.78, 5) is 41.6. The Bertz CT molecular complexity index is 1280. The summed E-state index contributed by atoms with van der Waals surface area (Å²) in [6.07, 6.45) is 3.24. The van der Waals surface area contributed by atoms with E-state index in [1.807, 2.05) is 41.8 Å². The number of rotatable bonds is 4. The first kappa shape index (κ1) is 19.9. The number of furan rings is 1. The molecule has 1 N–H and O–H groups in total. The van der Waals surface area contributed by atoms with Gasteiger partial charge >= 0.3 is 6.03 Å². The average molecular weight is 461 g/mol. The SMILES string of the molecule is O=C1N[C@@]2(CCc3ccccc32)C(=O)N1CC(=O)N1N=C(c2cccs2)C[C@@H]1c1ccco1. The highest BCUT2D eigenvalue weighted by atomic mass is 32.1. The van der Waals surface area contributed by atoms with E-state index in [4.69, 9.17) is 4.42 Å². The van der Waals surface area contributed by atoms with Crippen LogP contribution in [0, 0.1) is 0 Å². The number of thiophene rings is 1. The van der Waals surface area contributed by atoms with Crippen molar-refractivity contribution in [2.75, 3.05) is 6.54 Å². The molecule has 0 bridgehead atoms. The van der Waals surface area contributed by atoms with Crippen molar-refractivity contribution >= 4 is 34.9 Å². The first-order valence-electron chi connectivity index (χ1n) is 10.8. The zero-order chi connectivity index (χ0) is 22.6. The number of carbonyl (C=O) groups is 3. The molecule has 0 saturated carbocycles. The molecule has 1 spiro atoms. The standard InChI is InChI=1S/C24H20N4O4S/c29-21(28-18(19-7-3-11-32-19)13-17(26-28)20-8-4-12-33-20)14-27-22(30)24(25-23(27)31)10-9-15-5-1-2-6-16(15)24/h1-8,11-12,18H,9-10,13-14H2,(H,25,31)/t18-,24-/m1/s1. The topological polar surface area (TPSA) is 95.2 Å². The Balaban J connectivity index is 1.28. The van der Waals surface area contributed by atoms with Gasteiger partial charge in [0.2, 0.25) is 0 Å². The fourth-order valence-electron chi connectivity index (χ4n) is 4.98. The summed E-state index contributed by atoms with van der Waals surface area (Å²) in [5.41, 5.74) is 1.54. The second-order valence-electron chi connectivity index (χ2n) is 8.38. The smallest absolute Gasteiger partial charge is 0.325 e. The van der Waals surface area contributed by atoms with E-state index in [2.05, 4.69) is 10.4 Å². The van der Waals surface area contributed by atoms with Gasteiger partial charge in [-0.25, -0.2) is 9.80 Å². The predicted molar refractivity (Wildman–Crippen MR) is 120 cm³/mol. The summed E-state index contributed by atoms with van der Waals surface area (Å²) in [6.45, 7) is -0.382.